The molecular formula is C24H42IN5O2. The highest BCUT2D eigenvalue weighted by Crippen LogP contribution is 2.14. The van der Waals surface area contributed by atoms with Crippen LogP contribution in [0.25, 0.3) is 0 Å². The second-order valence-electron chi connectivity index (χ2n) is 8.40. The van der Waals surface area contributed by atoms with E-state index in [2.05, 4.69) is 56.6 Å². The van der Waals surface area contributed by atoms with E-state index < -0.39 is 0 Å². The molecule has 2 aliphatic rings. The Hall–Kier alpha value is -0.940. The average Bonchev–Trinajstić information content (AvgIpc) is 3.33. The third-order valence-corrected chi connectivity index (χ3v) is 6.18. The largest absolute Gasteiger partial charge is 0.379 e. The zero-order chi connectivity index (χ0) is 21.7. The number of hydrogen-bond acceptors (Lipinski definition) is 5. The fourth-order valence-electron chi connectivity index (χ4n) is 4.16. The Bertz CT molecular complexity index is 662. The first-order chi connectivity index (χ1) is 15.3. The fourth-order valence-corrected chi connectivity index (χ4v) is 4.16. The molecule has 0 bridgehead atoms. The Balaban J connectivity index is 0.00000363. The smallest absolute Gasteiger partial charge is 0.191 e. The zero-order valence-corrected chi connectivity index (χ0v) is 22.2. The number of benzene rings is 1. The van der Waals surface area contributed by atoms with E-state index in [1.807, 2.05) is 7.05 Å². The maximum atomic E-state index is 5.73. The number of likely N-dealkylation sites (N-methyl/N-ethyl adjacent to an activating group) is 1. The van der Waals surface area contributed by atoms with E-state index in [0.717, 1.165) is 84.3 Å². The van der Waals surface area contributed by atoms with Gasteiger partial charge in [-0.2, -0.15) is 0 Å². The van der Waals surface area contributed by atoms with E-state index in [9.17, 15) is 0 Å². The molecular weight excluding hydrogens is 517 g/mol. The van der Waals surface area contributed by atoms with Crippen LogP contribution in [-0.2, 0) is 22.6 Å². The Kier molecular flexibility index (Phi) is 13.5. The molecule has 0 aromatic heterocycles. The van der Waals surface area contributed by atoms with Crippen molar-refractivity contribution >= 4 is 29.9 Å². The minimum atomic E-state index is 0. The molecule has 8 heteroatoms. The summed E-state index contributed by atoms with van der Waals surface area (Å²) in [6.45, 7) is 13.0. The first-order valence-electron chi connectivity index (χ1n) is 11.9. The van der Waals surface area contributed by atoms with Crippen molar-refractivity contribution in [3.63, 3.8) is 0 Å². The van der Waals surface area contributed by atoms with Gasteiger partial charge in [0.25, 0.3) is 0 Å². The van der Waals surface area contributed by atoms with Gasteiger partial charge in [0.15, 0.2) is 5.96 Å². The molecule has 182 valence electrons. The summed E-state index contributed by atoms with van der Waals surface area (Å²) in [5.74, 6) is 0.838. The van der Waals surface area contributed by atoms with Crippen molar-refractivity contribution in [2.45, 2.75) is 45.4 Å². The van der Waals surface area contributed by atoms with E-state index >= 15 is 0 Å². The van der Waals surface area contributed by atoms with Gasteiger partial charge >= 0.3 is 0 Å². The van der Waals surface area contributed by atoms with Gasteiger partial charge in [0, 0.05) is 66.1 Å². The van der Waals surface area contributed by atoms with Gasteiger partial charge in [-0.05, 0) is 36.9 Å². The zero-order valence-electron chi connectivity index (χ0n) is 19.9. The molecule has 0 radical (unpaired) electrons. The molecule has 1 aromatic rings. The molecule has 0 saturated carbocycles. The molecule has 2 N–H and O–H groups in total. The van der Waals surface area contributed by atoms with Crippen molar-refractivity contribution in [2.24, 2.45) is 4.99 Å². The summed E-state index contributed by atoms with van der Waals surface area (Å²) in [5.41, 5.74) is 2.74. The molecule has 2 fully saturated rings. The Morgan fingerprint density at radius 1 is 1.12 bits per heavy atom. The van der Waals surface area contributed by atoms with Crippen LogP contribution in [0.4, 0.5) is 0 Å². The topological polar surface area (TPSA) is 61.4 Å². The first-order valence-corrected chi connectivity index (χ1v) is 11.9. The molecule has 1 aromatic carbocycles. The minimum absolute atomic E-state index is 0. The fraction of sp³-hybridized carbons (Fsp3) is 0.708. The summed E-state index contributed by atoms with van der Waals surface area (Å²) in [6.07, 6.45) is 3.55. The Morgan fingerprint density at radius 3 is 2.56 bits per heavy atom. The SMILES string of the molecule is CCN1CCN(Cc2ccccc2CNC(=NC)NCCCOCC2CCCO2)CC1.I. The summed E-state index contributed by atoms with van der Waals surface area (Å²) in [7, 11) is 1.82. The van der Waals surface area contributed by atoms with Crippen LogP contribution >= 0.6 is 24.0 Å². The lowest BCUT2D eigenvalue weighted by Gasteiger charge is -2.34. The number of halogens is 1. The number of rotatable bonds is 11. The van der Waals surface area contributed by atoms with Crippen molar-refractivity contribution < 1.29 is 9.47 Å². The van der Waals surface area contributed by atoms with Gasteiger partial charge in [-0.15, -0.1) is 24.0 Å². The predicted octanol–water partition coefficient (Wildman–Crippen LogP) is 2.69. The number of ether oxygens (including phenoxy) is 2. The van der Waals surface area contributed by atoms with Crippen molar-refractivity contribution in [3.05, 3.63) is 35.4 Å². The normalized spacial score (nSPS) is 20.2. The van der Waals surface area contributed by atoms with Gasteiger partial charge in [0.05, 0.1) is 12.7 Å². The second-order valence-corrected chi connectivity index (χ2v) is 8.40. The highest BCUT2D eigenvalue weighted by Gasteiger charge is 2.17. The summed E-state index contributed by atoms with van der Waals surface area (Å²) in [6, 6.07) is 8.74. The van der Waals surface area contributed by atoms with Crippen LogP contribution in [0.3, 0.4) is 0 Å². The van der Waals surface area contributed by atoms with Crippen LogP contribution in [0, 0.1) is 0 Å². The Labute approximate surface area is 211 Å². The van der Waals surface area contributed by atoms with Gasteiger partial charge in [-0.25, -0.2) is 0 Å². The van der Waals surface area contributed by atoms with E-state index in [0.29, 0.717) is 6.10 Å². The van der Waals surface area contributed by atoms with Crippen LogP contribution in [0.1, 0.15) is 37.3 Å². The van der Waals surface area contributed by atoms with E-state index in [4.69, 9.17) is 9.47 Å². The van der Waals surface area contributed by atoms with Gasteiger partial charge in [0.2, 0.25) is 0 Å². The molecule has 0 aliphatic carbocycles. The lowest BCUT2D eigenvalue weighted by molar-refractivity contribution is 0.0168. The van der Waals surface area contributed by atoms with Crippen LogP contribution in [0.5, 0.6) is 0 Å². The first kappa shape index (κ1) is 27.3. The van der Waals surface area contributed by atoms with E-state index in [-0.39, 0.29) is 24.0 Å². The van der Waals surface area contributed by atoms with E-state index in [1.165, 1.54) is 24.2 Å². The molecule has 1 atom stereocenters. The number of piperazine rings is 1. The lowest BCUT2D eigenvalue weighted by atomic mass is 10.1. The standard InChI is InChI=1S/C24H41N5O2.HI/c1-3-28-12-14-29(15-13-28)19-22-9-5-4-8-21(22)18-27-24(25-2)26-11-7-16-30-20-23-10-6-17-31-23;/h4-5,8-9,23H,3,6-7,10-20H2,1-2H3,(H2,25,26,27);1H. The molecule has 3 rings (SSSR count). The molecule has 0 spiro atoms. The van der Waals surface area contributed by atoms with Gasteiger partial charge in [0.1, 0.15) is 0 Å². The monoisotopic (exact) mass is 559 g/mol. The van der Waals surface area contributed by atoms with Gasteiger partial charge in [-0.3, -0.25) is 9.89 Å². The number of nitrogens with one attached hydrogen (secondary N) is 2. The molecule has 2 aliphatic heterocycles. The molecule has 1 unspecified atom stereocenters. The number of hydrogen-bond donors (Lipinski definition) is 2. The molecule has 2 heterocycles. The highest BCUT2D eigenvalue weighted by molar-refractivity contribution is 14.0. The van der Waals surface area contributed by atoms with E-state index in [1.54, 1.807) is 0 Å². The maximum Gasteiger partial charge on any atom is 0.191 e. The Morgan fingerprint density at radius 2 is 1.88 bits per heavy atom. The molecule has 7 nitrogen and oxygen atoms in total. The van der Waals surface area contributed by atoms with Crippen molar-refractivity contribution in [1.29, 1.82) is 0 Å². The quantitative estimate of drug-likeness (QED) is 0.188. The second kappa shape index (κ2) is 15.8. The summed E-state index contributed by atoms with van der Waals surface area (Å²) in [5, 5.41) is 6.86. The van der Waals surface area contributed by atoms with Crippen molar-refractivity contribution in [3.8, 4) is 0 Å². The lowest BCUT2D eigenvalue weighted by Crippen LogP contribution is -2.45. The van der Waals surface area contributed by atoms with Crippen LogP contribution in [-0.4, -0.2) is 88.0 Å². The third-order valence-electron chi connectivity index (χ3n) is 6.18. The summed E-state index contributed by atoms with van der Waals surface area (Å²) < 4.78 is 11.3. The van der Waals surface area contributed by atoms with Crippen molar-refractivity contribution in [2.75, 3.05) is 66.1 Å². The molecule has 0 amide bonds. The van der Waals surface area contributed by atoms with Crippen molar-refractivity contribution in [1.82, 2.24) is 20.4 Å². The number of nitrogens with zero attached hydrogens (tertiary/aromatic N) is 3. The summed E-state index contributed by atoms with van der Waals surface area (Å²) in [4.78, 5) is 9.45. The molecule has 2 saturated heterocycles. The third kappa shape index (κ3) is 9.51. The highest BCUT2D eigenvalue weighted by atomic mass is 127. The van der Waals surface area contributed by atoms with Gasteiger partial charge in [-0.1, -0.05) is 31.2 Å². The maximum absolute atomic E-state index is 5.73. The number of aliphatic imine (C=N–C) groups is 1. The summed E-state index contributed by atoms with van der Waals surface area (Å²) >= 11 is 0. The number of guanidine groups is 1. The molecule has 32 heavy (non-hydrogen) atoms. The van der Waals surface area contributed by atoms with Crippen LogP contribution < -0.4 is 10.6 Å². The van der Waals surface area contributed by atoms with Crippen LogP contribution in [0.15, 0.2) is 29.3 Å². The minimum Gasteiger partial charge on any atom is -0.379 e. The predicted molar refractivity (Wildman–Crippen MR) is 142 cm³/mol. The van der Waals surface area contributed by atoms with Crippen LogP contribution in [0.2, 0.25) is 0 Å². The van der Waals surface area contributed by atoms with Gasteiger partial charge < -0.3 is 25.0 Å². The average molecular weight is 560 g/mol.